The van der Waals surface area contributed by atoms with Crippen LogP contribution in [0.1, 0.15) is 57.8 Å². The highest BCUT2D eigenvalue weighted by molar-refractivity contribution is 5.94. The highest BCUT2D eigenvalue weighted by atomic mass is 16.4. The Hall–Kier alpha value is -3.42. The predicted molar refractivity (Wildman–Crippen MR) is 130 cm³/mol. The van der Waals surface area contributed by atoms with Crippen molar-refractivity contribution in [3.05, 3.63) is 0 Å². The normalized spacial score (nSPS) is 24.9. The minimum atomic E-state index is -1.25. The maximum atomic E-state index is 13.1. The molecule has 36 heavy (non-hydrogen) atoms. The lowest BCUT2D eigenvalue weighted by Crippen LogP contribution is -2.56. The monoisotopic (exact) mass is 510 g/mol. The largest absolute Gasteiger partial charge is 0.480 e. The molecule has 0 saturated carbocycles. The van der Waals surface area contributed by atoms with Gasteiger partial charge in [-0.15, -0.1) is 0 Å². The van der Waals surface area contributed by atoms with Gasteiger partial charge in [-0.05, 0) is 51.4 Å². The number of carboxylic acids is 1. The van der Waals surface area contributed by atoms with E-state index in [2.05, 4.69) is 20.9 Å². The average molecular weight is 511 g/mol. The van der Waals surface area contributed by atoms with Crippen molar-refractivity contribution >= 4 is 35.6 Å². The summed E-state index contributed by atoms with van der Waals surface area (Å²) in [7, 11) is 0. The van der Waals surface area contributed by atoms with E-state index in [9.17, 15) is 29.1 Å². The highest BCUT2D eigenvalue weighted by Gasteiger charge is 2.38. The Morgan fingerprint density at radius 3 is 2.58 bits per heavy atom. The summed E-state index contributed by atoms with van der Waals surface area (Å²) >= 11 is 0. The fourth-order valence-electron chi connectivity index (χ4n) is 4.29. The summed E-state index contributed by atoms with van der Waals surface area (Å²) in [5.41, 5.74) is 16.6. The van der Waals surface area contributed by atoms with Crippen molar-refractivity contribution in [3.8, 4) is 0 Å². The molecule has 202 valence electrons. The zero-order valence-electron chi connectivity index (χ0n) is 20.4. The van der Waals surface area contributed by atoms with Crippen LogP contribution in [0.5, 0.6) is 0 Å². The second kappa shape index (κ2) is 14.2. The van der Waals surface area contributed by atoms with E-state index in [1.54, 1.807) is 0 Å². The molecule has 0 aliphatic carbocycles. The van der Waals surface area contributed by atoms with Crippen LogP contribution < -0.4 is 33.2 Å². The van der Waals surface area contributed by atoms with Crippen molar-refractivity contribution in [2.24, 2.45) is 22.2 Å². The maximum absolute atomic E-state index is 13.1. The van der Waals surface area contributed by atoms with E-state index in [-0.39, 0.29) is 43.6 Å². The molecule has 14 nitrogen and oxygen atoms in total. The third kappa shape index (κ3) is 8.98. The van der Waals surface area contributed by atoms with E-state index in [1.165, 1.54) is 4.90 Å². The number of aliphatic imine (C=N–C) groups is 1. The van der Waals surface area contributed by atoms with E-state index in [0.29, 0.717) is 51.6 Å². The molecule has 4 atom stereocenters. The van der Waals surface area contributed by atoms with Crippen molar-refractivity contribution in [2.75, 3.05) is 19.6 Å². The summed E-state index contributed by atoms with van der Waals surface area (Å²) in [6.45, 7) is 0.973. The number of hydrogen-bond donors (Lipinski definition) is 7. The number of hydrogen-bond acceptors (Lipinski definition) is 7. The average Bonchev–Trinajstić information content (AvgIpc) is 3.31. The molecule has 0 aromatic carbocycles. The molecule has 2 fully saturated rings. The van der Waals surface area contributed by atoms with E-state index in [0.717, 1.165) is 0 Å². The zero-order chi connectivity index (χ0) is 26.7. The number of carbonyl (C=O) groups is 5. The lowest BCUT2D eigenvalue weighted by Gasteiger charge is -2.28. The second-order valence-corrected chi connectivity index (χ2v) is 9.09. The van der Waals surface area contributed by atoms with Crippen LogP contribution in [0.15, 0.2) is 4.99 Å². The van der Waals surface area contributed by atoms with E-state index >= 15 is 0 Å². The number of carbonyl (C=O) groups excluding carboxylic acids is 4. The van der Waals surface area contributed by atoms with Crippen LogP contribution in [0.3, 0.4) is 0 Å². The number of carboxylic acid groups (broad SMARTS) is 1. The van der Waals surface area contributed by atoms with Crippen LogP contribution in [0.25, 0.3) is 0 Å². The van der Waals surface area contributed by atoms with Crippen LogP contribution >= 0.6 is 0 Å². The third-order valence-electron chi connectivity index (χ3n) is 6.27. The molecule has 2 saturated heterocycles. The van der Waals surface area contributed by atoms with E-state index in [1.807, 2.05) is 0 Å². The molecule has 2 aliphatic rings. The molecular weight excluding hydrogens is 472 g/mol. The minimum Gasteiger partial charge on any atom is -0.480 e. The minimum absolute atomic E-state index is 0.0378. The summed E-state index contributed by atoms with van der Waals surface area (Å²) in [6.07, 6.45) is 3.02. The molecule has 4 amide bonds. The first-order valence-electron chi connectivity index (χ1n) is 12.3. The summed E-state index contributed by atoms with van der Waals surface area (Å²) < 4.78 is 0. The van der Waals surface area contributed by atoms with Crippen LogP contribution in [0.2, 0.25) is 0 Å². The van der Waals surface area contributed by atoms with E-state index < -0.39 is 42.0 Å². The van der Waals surface area contributed by atoms with E-state index in [4.69, 9.17) is 17.2 Å². The van der Waals surface area contributed by atoms with Gasteiger partial charge in [-0.25, -0.2) is 4.79 Å². The van der Waals surface area contributed by atoms with Crippen molar-refractivity contribution in [3.63, 3.8) is 0 Å². The number of amides is 4. The Bertz CT molecular complexity index is 846. The molecule has 14 heteroatoms. The van der Waals surface area contributed by atoms with Gasteiger partial charge >= 0.3 is 5.97 Å². The summed E-state index contributed by atoms with van der Waals surface area (Å²) in [5, 5.41) is 17.3. The molecule has 2 rings (SSSR count). The quantitative estimate of drug-likeness (QED) is 0.109. The smallest absolute Gasteiger partial charge is 0.326 e. The van der Waals surface area contributed by atoms with Gasteiger partial charge < -0.3 is 43.2 Å². The number of nitrogens with one attached hydrogen (secondary N) is 3. The van der Waals surface area contributed by atoms with Crippen LogP contribution in [0.4, 0.5) is 0 Å². The van der Waals surface area contributed by atoms with Gasteiger partial charge in [0.05, 0.1) is 6.04 Å². The topological polar surface area (TPSA) is 235 Å². The summed E-state index contributed by atoms with van der Waals surface area (Å²) in [4.78, 5) is 68.1. The lowest BCUT2D eigenvalue weighted by molar-refractivity contribution is -0.143. The first kappa shape index (κ1) is 28.8. The standard InChI is InChI=1S/C22H38N8O6/c23-13-5-1-2-10-26-17(31)9-8-14(28-19(33)16-7-4-12-30(16)20(13)34)18(32)29-15(21(35)36)6-3-11-27-22(24)25/h13-16H,1-12,23H2,(H,26,31)(H,28,33)(H,29,32)(H,35,36)(H4,24,25,27)/t13-,14+,15+,16+/m1/s1. The van der Waals surface area contributed by atoms with Gasteiger partial charge in [-0.2, -0.15) is 0 Å². The van der Waals surface area contributed by atoms with Gasteiger partial charge in [0.2, 0.25) is 23.6 Å². The van der Waals surface area contributed by atoms with Gasteiger partial charge in [0, 0.05) is 26.1 Å². The predicted octanol–water partition coefficient (Wildman–Crippen LogP) is -2.51. The SMILES string of the molecule is NC(N)=NCCC[C@H](NC(=O)[C@@H]1CCC(=O)NCCCC[C@@H](N)C(=O)N2CCC[C@H]2C(=O)N1)C(=O)O. The maximum Gasteiger partial charge on any atom is 0.326 e. The number of nitrogens with zero attached hydrogens (tertiary/aromatic N) is 2. The molecule has 2 aliphatic heterocycles. The molecule has 0 aromatic rings. The number of nitrogens with two attached hydrogens (primary N) is 3. The Morgan fingerprint density at radius 1 is 1.14 bits per heavy atom. The third-order valence-corrected chi connectivity index (χ3v) is 6.27. The fourth-order valence-corrected chi connectivity index (χ4v) is 4.29. The molecule has 2 heterocycles. The fraction of sp³-hybridized carbons (Fsp3) is 0.727. The van der Waals surface area contributed by atoms with Crippen LogP contribution in [-0.4, -0.2) is 89.4 Å². The van der Waals surface area contributed by atoms with Crippen molar-refractivity contribution in [1.29, 1.82) is 0 Å². The first-order chi connectivity index (χ1) is 17.1. The Kier molecular flexibility index (Phi) is 11.4. The molecule has 0 spiro atoms. The Balaban J connectivity index is 2.15. The number of guanidine groups is 1. The van der Waals surface area contributed by atoms with Crippen molar-refractivity contribution < 1.29 is 29.1 Å². The van der Waals surface area contributed by atoms with Gasteiger partial charge in [0.1, 0.15) is 18.1 Å². The van der Waals surface area contributed by atoms with Crippen LogP contribution in [-0.2, 0) is 24.0 Å². The van der Waals surface area contributed by atoms with Gasteiger partial charge in [-0.3, -0.25) is 24.2 Å². The zero-order valence-corrected chi connectivity index (χ0v) is 20.4. The number of aliphatic carboxylic acids is 1. The summed E-state index contributed by atoms with van der Waals surface area (Å²) in [6, 6.07) is -3.95. The van der Waals surface area contributed by atoms with Gasteiger partial charge in [-0.1, -0.05) is 0 Å². The highest BCUT2D eigenvalue weighted by Crippen LogP contribution is 2.20. The molecule has 0 bridgehead atoms. The molecule has 0 unspecified atom stereocenters. The van der Waals surface area contributed by atoms with Gasteiger partial charge in [0.25, 0.3) is 0 Å². The van der Waals surface area contributed by atoms with Gasteiger partial charge in [0.15, 0.2) is 5.96 Å². The molecule has 0 aromatic heterocycles. The molecular formula is C22H38N8O6. The van der Waals surface area contributed by atoms with Crippen molar-refractivity contribution in [2.45, 2.75) is 82.0 Å². The van der Waals surface area contributed by atoms with Crippen molar-refractivity contribution in [1.82, 2.24) is 20.9 Å². The second-order valence-electron chi connectivity index (χ2n) is 9.09. The molecule has 0 radical (unpaired) electrons. The molecule has 10 N–H and O–H groups in total. The number of rotatable bonds is 7. The number of fused-ring (bicyclic) bond motifs is 1. The van der Waals surface area contributed by atoms with Crippen LogP contribution in [0, 0.1) is 0 Å². The lowest BCUT2D eigenvalue weighted by atomic mass is 10.1. The Labute approximate surface area is 209 Å². The summed E-state index contributed by atoms with van der Waals surface area (Å²) in [5.74, 6) is -3.27. The first-order valence-corrected chi connectivity index (χ1v) is 12.3. The Morgan fingerprint density at radius 2 is 1.89 bits per heavy atom.